The summed E-state index contributed by atoms with van der Waals surface area (Å²) in [5.41, 5.74) is 1.39. The number of nitrogens with zero attached hydrogens (tertiary/aromatic N) is 4. The van der Waals surface area contributed by atoms with Crippen molar-refractivity contribution in [2.24, 2.45) is 0 Å². The Hall–Kier alpha value is -1.93. The van der Waals surface area contributed by atoms with E-state index in [9.17, 15) is 10.2 Å². The van der Waals surface area contributed by atoms with Gasteiger partial charge in [0.05, 0.1) is 12.2 Å². The molecule has 4 rings (SSSR count). The lowest BCUT2D eigenvalue weighted by atomic mass is 10.1. The Labute approximate surface area is 159 Å². The van der Waals surface area contributed by atoms with Crippen molar-refractivity contribution in [3.8, 4) is 0 Å². The van der Waals surface area contributed by atoms with Crippen molar-refractivity contribution in [2.45, 2.75) is 37.5 Å². The Kier molecular flexibility index (Phi) is 4.71. The summed E-state index contributed by atoms with van der Waals surface area (Å²) in [5.74, 6) is 0.920. The fourth-order valence-electron chi connectivity index (χ4n) is 3.32. The second kappa shape index (κ2) is 7.00. The van der Waals surface area contributed by atoms with Crippen molar-refractivity contribution in [1.29, 1.82) is 0 Å². The molecule has 0 unspecified atom stereocenters. The number of anilines is 1. The van der Waals surface area contributed by atoms with Crippen LogP contribution in [-0.2, 0) is 6.54 Å². The average Bonchev–Trinajstić information content (AvgIpc) is 3.20. The van der Waals surface area contributed by atoms with Gasteiger partial charge < -0.3 is 15.5 Å². The van der Waals surface area contributed by atoms with Crippen LogP contribution in [0.5, 0.6) is 0 Å². The van der Waals surface area contributed by atoms with Gasteiger partial charge in [-0.25, -0.2) is 4.98 Å². The molecular formula is C17H17Cl2N5O2. The minimum atomic E-state index is -0.836. The molecule has 0 amide bonds. The highest BCUT2D eigenvalue weighted by atomic mass is 35.5. The van der Waals surface area contributed by atoms with Gasteiger partial charge in [0.1, 0.15) is 5.82 Å². The van der Waals surface area contributed by atoms with Crippen LogP contribution in [0, 0.1) is 0 Å². The van der Waals surface area contributed by atoms with Crippen molar-refractivity contribution >= 4 is 34.7 Å². The molecule has 9 heteroatoms. The Morgan fingerprint density at radius 1 is 1.19 bits per heavy atom. The van der Waals surface area contributed by atoms with E-state index >= 15 is 0 Å². The zero-order chi connectivity index (χ0) is 18.3. The predicted octanol–water partition coefficient (Wildman–Crippen LogP) is 2.64. The molecule has 0 saturated heterocycles. The molecule has 1 fully saturated rings. The first-order valence-electron chi connectivity index (χ1n) is 8.28. The molecule has 1 aliphatic rings. The highest BCUT2D eigenvalue weighted by molar-refractivity contribution is 6.33. The van der Waals surface area contributed by atoms with E-state index in [0.717, 1.165) is 5.56 Å². The molecule has 1 aromatic carbocycles. The minimum absolute atomic E-state index is 0.252. The largest absolute Gasteiger partial charge is 0.390 e. The molecule has 3 N–H and O–H groups in total. The first kappa shape index (κ1) is 17.5. The number of hydrogen-bond acceptors (Lipinski definition) is 6. The summed E-state index contributed by atoms with van der Waals surface area (Å²) in [7, 11) is 0. The number of aromatic nitrogens is 4. The van der Waals surface area contributed by atoms with Crippen LogP contribution in [-0.4, -0.2) is 42.0 Å². The zero-order valence-corrected chi connectivity index (χ0v) is 15.2. The second-order valence-corrected chi connectivity index (χ2v) is 7.20. The van der Waals surface area contributed by atoms with Crippen LogP contribution in [0.3, 0.4) is 0 Å². The molecule has 1 saturated carbocycles. The maximum absolute atomic E-state index is 10.2. The summed E-state index contributed by atoms with van der Waals surface area (Å²) < 4.78 is 1.79. The lowest BCUT2D eigenvalue weighted by molar-refractivity contribution is 0.0338. The molecule has 1 aliphatic carbocycles. The molecule has 2 aromatic heterocycles. The third-order valence-corrected chi connectivity index (χ3v) is 5.32. The van der Waals surface area contributed by atoms with Gasteiger partial charge in [0.25, 0.3) is 0 Å². The van der Waals surface area contributed by atoms with Crippen LogP contribution in [0.25, 0.3) is 5.65 Å². The number of hydrogen-bond donors (Lipinski definition) is 3. The monoisotopic (exact) mass is 393 g/mol. The van der Waals surface area contributed by atoms with Gasteiger partial charge in [0.15, 0.2) is 5.82 Å². The number of aliphatic hydroxyl groups excluding tert-OH is 2. The summed E-state index contributed by atoms with van der Waals surface area (Å²) in [5, 5.41) is 32.8. The van der Waals surface area contributed by atoms with Crippen LogP contribution >= 0.6 is 23.2 Å². The van der Waals surface area contributed by atoms with E-state index in [0.29, 0.717) is 46.7 Å². The summed E-state index contributed by atoms with van der Waals surface area (Å²) in [6.45, 7) is 0.430. The molecular weight excluding hydrogens is 377 g/mol. The summed E-state index contributed by atoms with van der Waals surface area (Å²) in [6, 6.07) is 5.28. The lowest BCUT2D eigenvalue weighted by Crippen LogP contribution is -2.24. The van der Waals surface area contributed by atoms with Crippen LogP contribution < -0.4 is 5.32 Å². The van der Waals surface area contributed by atoms with Gasteiger partial charge in [-0.1, -0.05) is 23.2 Å². The number of nitrogens with one attached hydrogen (secondary N) is 1. The second-order valence-electron chi connectivity index (χ2n) is 6.36. The fraction of sp³-hybridized carbons (Fsp3) is 0.353. The minimum Gasteiger partial charge on any atom is -0.390 e. The van der Waals surface area contributed by atoms with Gasteiger partial charge in [0, 0.05) is 34.9 Å². The molecule has 3 atom stereocenters. The van der Waals surface area contributed by atoms with Gasteiger partial charge in [0.2, 0.25) is 5.65 Å². The number of halogens is 2. The highest BCUT2D eigenvalue weighted by Crippen LogP contribution is 2.34. The third kappa shape index (κ3) is 3.12. The van der Waals surface area contributed by atoms with Gasteiger partial charge in [-0.2, -0.15) is 0 Å². The first-order chi connectivity index (χ1) is 12.5. The topological polar surface area (TPSA) is 95.6 Å². The molecule has 0 radical (unpaired) electrons. The number of benzene rings is 1. The zero-order valence-electron chi connectivity index (χ0n) is 13.7. The molecule has 7 nitrogen and oxygen atoms in total. The van der Waals surface area contributed by atoms with Gasteiger partial charge in [-0.3, -0.25) is 4.40 Å². The maximum atomic E-state index is 10.2. The van der Waals surface area contributed by atoms with E-state index in [4.69, 9.17) is 23.2 Å². The maximum Gasteiger partial charge on any atom is 0.203 e. The van der Waals surface area contributed by atoms with Gasteiger partial charge in [-0.05, 0) is 36.6 Å². The van der Waals surface area contributed by atoms with Crippen LogP contribution in [0.1, 0.15) is 30.1 Å². The standard InChI is InChI=1S/C17H17Cl2N5O2/c18-10-1-3-12(19)9(7-10)8-21-15-17-23-22-16(24(17)6-5-20-15)11-2-4-13(25)14(11)26/h1,3,5-7,11,13-14,25-26H,2,4,8H2,(H,20,21)/t11-,13-,14+/m1/s1. The summed E-state index contributed by atoms with van der Waals surface area (Å²) in [6.07, 6.45) is 3.03. The van der Waals surface area contributed by atoms with E-state index in [-0.39, 0.29) is 5.92 Å². The van der Waals surface area contributed by atoms with Crippen LogP contribution in [0.15, 0.2) is 30.6 Å². The smallest absolute Gasteiger partial charge is 0.203 e. The molecule has 3 aromatic rings. The first-order valence-corrected chi connectivity index (χ1v) is 9.04. The number of fused-ring (bicyclic) bond motifs is 1. The summed E-state index contributed by atoms with van der Waals surface area (Å²) >= 11 is 12.2. The Bertz CT molecular complexity index is 948. The lowest BCUT2D eigenvalue weighted by Gasteiger charge is -2.15. The highest BCUT2D eigenvalue weighted by Gasteiger charge is 2.37. The normalized spacial score (nSPS) is 22.8. The molecule has 0 bridgehead atoms. The fourth-order valence-corrected chi connectivity index (χ4v) is 3.70. The van der Waals surface area contributed by atoms with Crippen molar-refractivity contribution in [1.82, 2.24) is 19.6 Å². The van der Waals surface area contributed by atoms with Crippen LogP contribution in [0.2, 0.25) is 10.0 Å². The molecule has 0 aliphatic heterocycles. The quantitative estimate of drug-likeness (QED) is 0.630. The van der Waals surface area contributed by atoms with Crippen molar-refractivity contribution in [2.75, 3.05) is 5.32 Å². The van der Waals surface area contributed by atoms with Gasteiger partial charge >= 0.3 is 0 Å². The van der Waals surface area contributed by atoms with E-state index in [1.165, 1.54) is 0 Å². The Morgan fingerprint density at radius 3 is 2.81 bits per heavy atom. The van der Waals surface area contributed by atoms with E-state index in [1.807, 2.05) is 0 Å². The molecule has 0 spiro atoms. The van der Waals surface area contributed by atoms with E-state index in [2.05, 4.69) is 20.5 Å². The molecule has 2 heterocycles. The number of rotatable bonds is 4. The average molecular weight is 394 g/mol. The predicted molar refractivity (Wildman–Crippen MR) is 98.6 cm³/mol. The van der Waals surface area contributed by atoms with Crippen LogP contribution in [0.4, 0.5) is 5.82 Å². The Balaban J connectivity index is 1.62. The van der Waals surface area contributed by atoms with Gasteiger partial charge in [-0.15, -0.1) is 10.2 Å². The summed E-state index contributed by atoms with van der Waals surface area (Å²) in [4.78, 5) is 4.33. The van der Waals surface area contributed by atoms with Crippen molar-refractivity contribution < 1.29 is 10.2 Å². The van der Waals surface area contributed by atoms with Crippen molar-refractivity contribution in [3.05, 3.63) is 52.0 Å². The molecule has 136 valence electrons. The third-order valence-electron chi connectivity index (χ3n) is 4.72. The Morgan fingerprint density at radius 2 is 2.04 bits per heavy atom. The van der Waals surface area contributed by atoms with Crippen molar-refractivity contribution in [3.63, 3.8) is 0 Å². The SMILES string of the molecule is O[C@@H]1[C@H](O)CC[C@H]1c1nnc2c(NCc3cc(Cl)ccc3Cl)nccn12. The van der Waals surface area contributed by atoms with E-state index < -0.39 is 12.2 Å². The van der Waals surface area contributed by atoms with E-state index in [1.54, 1.807) is 35.0 Å². The number of aliphatic hydroxyl groups is 2. The molecule has 26 heavy (non-hydrogen) atoms.